The van der Waals surface area contributed by atoms with Crippen molar-refractivity contribution in [2.75, 3.05) is 0 Å². The van der Waals surface area contributed by atoms with E-state index in [2.05, 4.69) is 5.32 Å². The molecule has 0 amide bonds. The molecule has 1 aliphatic rings. The van der Waals surface area contributed by atoms with Gasteiger partial charge in [0, 0.05) is 44.6 Å². The Morgan fingerprint density at radius 3 is 1.65 bits per heavy atom. The summed E-state index contributed by atoms with van der Waals surface area (Å²) < 4.78 is 0. The molecule has 31 heavy (non-hydrogen) atoms. The molecule has 0 spiro atoms. The lowest BCUT2D eigenvalue weighted by molar-refractivity contribution is 0.101. The van der Waals surface area contributed by atoms with E-state index in [4.69, 9.17) is 11.6 Å². The topological polar surface area (TPSA) is 46.2 Å². The van der Waals surface area contributed by atoms with Crippen molar-refractivity contribution in [2.45, 2.75) is 19.8 Å². The second-order valence-corrected chi connectivity index (χ2v) is 8.02. The maximum Gasteiger partial charge on any atom is 0.191 e. The van der Waals surface area contributed by atoms with Gasteiger partial charge < -0.3 is 5.32 Å². The molecule has 3 nitrogen and oxygen atoms in total. The summed E-state index contributed by atoms with van der Waals surface area (Å²) in [6.45, 7) is 3.75. The van der Waals surface area contributed by atoms with Gasteiger partial charge in [-0.15, -0.1) is 0 Å². The molecule has 1 aliphatic heterocycles. The summed E-state index contributed by atoms with van der Waals surface area (Å²) in [4.78, 5) is 27.3. The van der Waals surface area contributed by atoms with Crippen LogP contribution >= 0.6 is 11.6 Å². The summed E-state index contributed by atoms with van der Waals surface area (Å²) in [5.74, 6) is -0.747. The third-order valence-corrected chi connectivity index (χ3v) is 5.74. The van der Waals surface area contributed by atoms with Crippen LogP contribution in [0.1, 0.15) is 46.0 Å². The van der Waals surface area contributed by atoms with Crippen LogP contribution in [0.25, 0.3) is 0 Å². The zero-order valence-electron chi connectivity index (χ0n) is 17.4. The van der Waals surface area contributed by atoms with Gasteiger partial charge in [-0.05, 0) is 31.5 Å². The number of Topliss-reactive ketones (excluding diaryl/α,β-unsaturated/α-hetero) is 2. The van der Waals surface area contributed by atoms with E-state index in [9.17, 15) is 9.59 Å². The summed E-state index contributed by atoms with van der Waals surface area (Å²) in [6, 6.07) is 25.7. The molecule has 154 valence electrons. The van der Waals surface area contributed by atoms with E-state index in [1.54, 1.807) is 30.3 Å². The Hall–Kier alpha value is -3.43. The Kier molecular flexibility index (Phi) is 5.88. The van der Waals surface area contributed by atoms with Gasteiger partial charge in [0.2, 0.25) is 0 Å². The number of carbonyl (C=O) groups is 2. The molecule has 0 aliphatic carbocycles. The highest BCUT2D eigenvalue weighted by atomic mass is 35.5. The lowest BCUT2D eigenvalue weighted by Gasteiger charge is -2.31. The molecule has 0 unspecified atom stereocenters. The van der Waals surface area contributed by atoms with Crippen molar-refractivity contribution in [1.82, 2.24) is 5.32 Å². The Balaban J connectivity index is 1.91. The zero-order valence-corrected chi connectivity index (χ0v) is 18.1. The molecule has 0 bridgehead atoms. The van der Waals surface area contributed by atoms with Gasteiger partial charge in [0.05, 0.1) is 0 Å². The monoisotopic (exact) mass is 427 g/mol. The van der Waals surface area contributed by atoms with E-state index in [-0.39, 0.29) is 11.6 Å². The number of allylic oxidation sites excluding steroid dienone is 4. The molecule has 3 aromatic rings. The Bertz CT molecular complexity index is 1140. The number of ketones is 2. The molecule has 4 rings (SSSR count). The van der Waals surface area contributed by atoms with Gasteiger partial charge in [0.1, 0.15) is 0 Å². The number of hydrogen-bond donors (Lipinski definition) is 1. The summed E-state index contributed by atoms with van der Waals surface area (Å²) in [6.07, 6.45) is 0. The normalized spacial score (nSPS) is 14.4. The quantitative estimate of drug-likeness (QED) is 0.483. The van der Waals surface area contributed by atoms with E-state index in [0.717, 1.165) is 17.0 Å². The molecular formula is C27H22ClNO2. The molecule has 0 saturated heterocycles. The van der Waals surface area contributed by atoms with Crippen LogP contribution in [0.2, 0.25) is 5.02 Å². The Labute approximate surface area is 187 Å². The molecule has 0 saturated carbocycles. The third kappa shape index (κ3) is 4.10. The minimum Gasteiger partial charge on any atom is -0.362 e. The smallest absolute Gasteiger partial charge is 0.191 e. The number of carbonyl (C=O) groups excluding carboxylic acids is 2. The SMILES string of the molecule is CC1=C(C(=O)c2ccccc2)C(c2cccc(Cl)c2)C(C(=O)c2ccccc2)=C(C)N1. The number of hydrogen-bond acceptors (Lipinski definition) is 3. The fraction of sp³-hybridized carbons (Fsp3) is 0.111. The highest BCUT2D eigenvalue weighted by molar-refractivity contribution is 6.30. The summed E-state index contributed by atoms with van der Waals surface area (Å²) in [5, 5.41) is 3.84. The van der Waals surface area contributed by atoms with Crippen molar-refractivity contribution in [1.29, 1.82) is 0 Å². The second kappa shape index (κ2) is 8.75. The van der Waals surface area contributed by atoms with E-state index in [1.165, 1.54) is 0 Å². The van der Waals surface area contributed by atoms with E-state index in [0.29, 0.717) is 27.3 Å². The molecule has 1 N–H and O–H groups in total. The zero-order chi connectivity index (χ0) is 22.0. The van der Waals surface area contributed by atoms with Crippen LogP contribution in [0.5, 0.6) is 0 Å². The number of benzene rings is 3. The van der Waals surface area contributed by atoms with Crippen LogP contribution in [0, 0.1) is 0 Å². The number of halogens is 1. The predicted octanol–water partition coefficient (Wildman–Crippen LogP) is 6.34. The first-order valence-corrected chi connectivity index (χ1v) is 10.5. The van der Waals surface area contributed by atoms with Crippen LogP contribution in [0.4, 0.5) is 0 Å². The van der Waals surface area contributed by atoms with Crippen LogP contribution in [0.15, 0.2) is 107 Å². The average Bonchev–Trinajstić information content (AvgIpc) is 2.79. The van der Waals surface area contributed by atoms with Crippen molar-refractivity contribution in [3.63, 3.8) is 0 Å². The van der Waals surface area contributed by atoms with Gasteiger partial charge in [0.25, 0.3) is 0 Å². The Morgan fingerprint density at radius 2 is 1.19 bits per heavy atom. The van der Waals surface area contributed by atoms with Gasteiger partial charge >= 0.3 is 0 Å². The van der Waals surface area contributed by atoms with E-state index in [1.807, 2.05) is 68.4 Å². The van der Waals surface area contributed by atoms with Gasteiger partial charge in [-0.2, -0.15) is 0 Å². The summed E-state index contributed by atoms with van der Waals surface area (Å²) in [7, 11) is 0. The predicted molar refractivity (Wildman–Crippen MR) is 124 cm³/mol. The van der Waals surface area contributed by atoms with Gasteiger partial charge in [0.15, 0.2) is 11.6 Å². The fourth-order valence-electron chi connectivity index (χ4n) is 4.11. The van der Waals surface area contributed by atoms with Crippen molar-refractivity contribution in [2.24, 2.45) is 0 Å². The first-order valence-electron chi connectivity index (χ1n) is 10.1. The molecule has 0 fully saturated rings. The molecule has 0 radical (unpaired) electrons. The first kappa shape index (κ1) is 20.8. The third-order valence-electron chi connectivity index (χ3n) is 5.50. The molecule has 3 aromatic carbocycles. The molecule has 1 heterocycles. The van der Waals surface area contributed by atoms with E-state index < -0.39 is 5.92 Å². The minimum atomic E-state index is -0.527. The average molecular weight is 428 g/mol. The highest BCUT2D eigenvalue weighted by Crippen LogP contribution is 2.41. The van der Waals surface area contributed by atoms with Crippen molar-refractivity contribution < 1.29 is 9.59 Å². The van der Waals surface area contributed by atoms with Gasteiger partial charge in [-0.1, -0.05) is 84.4 Å². The maximum absolute atomic E-state index is 13.6. The standard InChI is InChI=1S/C27H22ClNO2/c1-17-23(26(30)19-10-5-3-6-11-19)25(21-14-9-15-22(28)16-21)24(18(2)29-17)27(31)20-12-7-4-8-13-20/h3-16,25,29H,1-2H3. The molecule has 0 aromatic heterocycles. The summed E-state index contributed by atoms with van der Waals surface area (Å²) in [5.41, 5.74) is 4.55. The second-order valence-electron chi connectivity index (χ2n) is 7.58. The van der Waals surface area contributed by atoms with E-state index >= 15 is 0 Å². The number of rotatable bonds is 5. The fourth-order valence-corrected chi connectivity index (χ4v) is 4.30. The largest absolute Gasteiger partial charge is 0.362 e. The van der Waals surface area contributed by atoms with Crippen LogP contribution in [0.3, 0.4) is 0 Å². The number of dihydropyridines is 1. The van der Waals surface area contributed by atoms with Crippen LogP contribution < -0.4 is 5.32 Å². The minimum absolute atomic E-state index is 0.110. The Morgan fingerprint density at radius 1 is 0.710 bits per heavy atom. The molecular weight excluding hydrogens is 406 g/mol. The molecule has 0 atom stereocenters. The molecule has 4 heteroatoms. The first-order chi connectivity index (χ1) is 15.0. The lowest BCUT2D eigenvalue weighted by Crippen LogP contribution is -2.31. The van der Waals surface area contributed by atoms with Gasteiger partial charge in [-0.25, -0.2) is 0 Å². The van der Waals surface area contributed by atoms with Gasteiger partial charge in [-0.3, -0.25) is 9.59 Å². The van der Waals surface area contributed by atoms with Crippen molar-refractivity contribution in [3.05, 3.63) is 129 Å². The van der Waals surface area contributed by atoms with Crippen molar-refractivity contribution >= 4 is 23.2 Å². The van der Waals surface area contributed by atoms with Crippen LogP contribution in [-0.4, -0.2) is 11.6 Å². The lowest BCUT2D eigenvalue weighted by atomic mass is 9.75. The van der Waals surface area contributed by atoms with Crippen molar-refractivity contribution in [3.8, 4) is 0 Å². The highest BCUT2D eigenvalue weighted by Gasteiger charge is 2.36. The number of nitrogens with one attached hydrogen (secondary N) is 1. The summed E-state index contributed by atoms with van der Waals surface area (Å²) >= 11 is 6.31. The maximum atomic E-state index is 13.6. The van der Waals surface area contributed by atoms with Crippen LogP contribution in [-0.2, 0) is 0 Å².